The monoisotopic (exact) mass is 442 g/mol. The maximum Gasteiger partial charge on any atom is 0.218 e. The van der Waals surface area contributed by atoms with E-state index >= 15 is 0 Å². The fourth-order valence-electron chi connectivity index (χ4n) is 3.22. The summed E-state index contributed by atoms with van der Waals surface area (Å²) in [6, 6.07) is 16.0. The molecular formula is C26H30N6O. The van der Waals surface area contributed by atoms with Gasteiger partial charge in [0, 0.05) is 24.7 Å². The third-order valence-electron chi connectivity index (χ3n) is 5.04. The highest BCUT2D eigenvalue weighted by molar-refractivity contribution is 5.77. The van der Waals surface area contributed by atoms with Gasteiger partial charge < -0.3 is 10.1 Å². The third kappa shape index (κ3) is 7.32. The Morgan fingerprint density at radius 2 is 1.82 bits per heavy atom. The zero-order valence-corrected chi connectivity index (χ0v) is 19.4. The van der Waals surface area contributed by atoms with Crippen molar-refractivity contribution in [3.8, 4) is 18.7 Å². The number of rotatable bonds is 6. The number of hydrogen-bond acceptors (Lipinski definition) is 6. The van der Waals surface area contributed by atoms with Crippen LogP contribution in [0.2, 0.25) is 0 Å². The molecule has 1 N–H and O–H groups in total. The molecule has 1 aliphatic carbocycles. The summed E-state index contributed by atoms with van der Waals surface area (Å²) < 4.78 is 7.60. The van der Waals surface area contributed by atoms with Crippen LogP contribution >= 0.6 is 0 Å². The second-order valence-electron chi connectivity index (χ2n) is 7.84. The number of terminal acetylenes is 1. The number of nitrogens with zero attached hydrogens (tertiary/aromatic N) is 5. The van der Waals surface area contributed by atoms with Crippen molar-refractivity contribution in [3.63, 3.8) is 0 Å². The first-order chi connectivity index (χ1) is 16.1. The van der Waals surface area contributed by atoms with Gasteiger partial charge in [0.1, 0.15) is 11.6 Å². The van der Waals surface area contributed by atoms with Gasteiger partial charge in [-0.3, -0.25) is 9.67 Å². The van der Waals surface area contributed by atoms with Gasteiger partial charge in [-0.05, 0) is 50.8 Å². The fraction of sp³-hybridized carbons (Fsp3) is 0.308. The molecule has 7 heteroatoms. The number of ether oxygens (including phenoxy) is 1. The second kappa shape index (κ2) is 11.6. The molecule has 3 aromatic heterocycles. The van der Waals surface area contributed by atoms with Crippen molar-refractivity contribution >= 4 is 16.7 Å². The first-order valence-electron chi connectivity index (χ1n) is 10.9. The van der Waals surface area contributed by atoms with Gasteiger partial charge in [-0.15, -0.1) is 12.8 Å². The molecule has 1 fully saturated rings. The van der Waals surface area contributed by atoms with Gasteiger partial charge in [0.2, 0.25) is 5.88 Å². The van der Waals surface area contributed by atoms with E-state index in [2.05, 4.69) is 56.4 Å². The van der Waals surface area contributed by atoms with Crippen molar-refractivity contribution in [1.29, 1.82) is 0 Å². The minimum absolute atomic E-state index is 0.651. The maximum absolute atomic E-state index is 5.72. The number of para-hydroxylation sites is 1. The van der Waals surface area contributed by atoms with Gasteiger partial charge in [-0.25, -0.2) is 4.98 Å². The highest BCUT2D eigenvalue weighted by Gasteiger charge is 2.22. The molecule has 0 aliphatic heterocycles. The third-order valence-corrected chi connectivity index (χ3v) is 5.04. The summed E-state index contributed by atoms with van der Waals surface area (Å²) in [5.41, 5.74) is 3.19. The van der Waals surface area contributed by atoms with E-state index in [0.717, 1.165) is 29.3 Å². The summed E-state index contributed by atoms with van der Waals surface area (Å²) in [7, 11) is 1.94. The number of benzene rings is 1. The van der Waals surface area contributed by atoms with Gasteiger partial charge >= 0.3 is 0 Å². The molecule has 0 bridgehead atoms. The number of nitrogens with one attached hydrogen (secondary N) is 1. The lowest BCUT2D eigenvalue weighted by Crippen LogP contribution is -2.08. The molecule has 1 aromatic carbocycles. The minimum atomic E-state index is 0.651. The molecule has 170 valence electrons. The average Bonchev–Trinajstić information content (AvgIpc) is 3.61. The molecule has 5 rings (SSSR count). The summed E-state index contributed by atoms with van der Waals surface area (Å²) >= 11 is 0. The van der Waals surface area contributed by atoms with Crippen molar-refractivity contribution in [2.45, 2.75) is 33.2 Å². The summed E-state index contributed by atoms with van der Waals surface area (Å²) in [4.78, 5) is 12.9. The maximum atomic E-state index is 5.72. The lowest BCUT2D eigenvalue weighted by atomic mass is 10.2. The van der Waals surface area contributed by atoms with Crippen LogP contribution in [0.1, 0.15) is 30.1 Å². The Hall–Kier alpha value is -3.92. The van der Waals surface area contributed by atoms with Crippen LogP contribution in [-0.2, 0) is 13.6 Å². The topological polar surface area (TPSA) is 77.8 Å². The molecule has 0 radical (unpaired) electrons. The fourth-order valence-corrected chi connectivity index (χ4v) is 3.22. The normalized spacial score (nSPS) is 12.2. The van der Waals surface area contributed by atoms with E-state index in [0.29, 0.717) is 24.2 Å². The SMILES string of the molecule is C#C.Cc1cc(CNc2cc(OCC3CC3)nc(C)n2)n(C)n1.c1ccc2ncccc2c1. The number of aromatic nitrogens is 5. The predicted molar refractivity (Wildman–Crippen MR) is 132 cm³/mol. The van der Waals surface area contributed by atoms with E-state index in [1.165, 1.54) is 18.2 Å². The zero-order valence-electron chi connectivity index (χ0n) is 19.4. The average molecular weight is 443 g/mol. The quantitative estimate of drug-likeness (QED) is 0.436. The molecule has 0 amide bonds. The Morgan fingerprint density at radius 1 is 1.06 bits per heavy atom. The lowest BCUT2D eigenvalue weighted by Gasteiger charge is -2.09. The first kappa shape index (κ1) is 23.7. The van der Waals surface area contributed by atoms with E-state index in [1.807, 2.05) is 62.1 Å². The van der Waals surface area contributed by atoms with Crippen molar-refractivity contribution in [2.24, 2.45) is 13.0 Å². The smallest absolute Gasteiger partial charge is 0.218 e. The van der Waals surface area contributed by atoms with Crippen LogP contribution < -0.4 is 10.1 Å². The van der Waals surface area contributed by atoms with Crippen LogP contribution in [-0.4, -0.2) is 31.3 Å². The molecule has 4 aromatic rings. The van der Waals surface area contributed by atoms with Gasteiger partial charge in [0.15, 0.2) is 0 Å². The van der Waals surface area contributed by atoms with Crippen LogP contribution in [0.15, 0.2) is 54.7 Å². The molecular weight excluding hydrogens is 412 g/mol. The van der Waals surface area contributed by atoms with Crippen molar-refractivity contribution < 1.29 is 4.74 Å². The first-order valence-corrected chi connectivity index (χ1v) is 10.9. The molecule has 3 heterocycles. The van der Waals surface area contributed by atoms with E-state index in [1.54, 1.807) is 0 Å². The van der Waals surface area contributed by atoms with Crippen molar-refractivity contribution in [2.75, 3.05) is 11.9 Å². The number of aryl methyl sites for hydroxylation is 3. The minimum Gasteiger partial charge on any atom is -0.477 e. The van der Waals surface area contributed by atoms with Crippen LogP contribution in [0.3, 0.4) is 0 Å². The molecule has 0 spiro atoms. The van der Waals surface area contributed by atoms with Crippen LogP contribution in [0.5, 0.6) is 5.88 Å². The number of anilines is 1. The predicted octanol–water partition coefficient (Wildman–Crippen LogP) is 4.71. The Bertz CT molecular complexity index is 1130. The molecule has 0 unspecified atom stereocenters. The molecule has 0 atom stereocenters. The van der Waals surface area contributed by atoms with E-state index < -0.39 is 0 Å². The molecule has 1 aliphatic rings. The molecule has 7 nitrogen and oxygen atoms in total. The Balaban J connectivity index is 0.000000212. The van der Waals surface area contributed by atoms with E-state index in [-0.39, 0.29) is 0 Å². The van der Waals surface area contributed by atoms with Crippen LogP contribution in [0.25, 0.3) is 10.9 Å². The zero-order chi connectivity index (χ0) is 23.6. The Kier molecular flexibility index (Phi) is 8.36. The standard InChI is InChI=1S/C15H21N5O.C9H7N.C2H2/c1-10-6-13(20(3)19-10)8-16-14-7-15(18-11(2)17-14)21-9-12-4-5-12;1-2-6-9-8(4-1)5-3-7-10-9;1-2/h6-7,12H,4-5,8-9H2,1-3H3,(H,16,17,18);1-7H;1-2H. The molecule has 1 saturated carbocycles. The van der Waals surface area contributed by atoms with Crippen LogP contribution in [0, 0.1) is 32.6 Å². The van der Waals surface area contributed by atoms with Gasteiger partial charge in [-0.2, -0.15) is 10.1 Å². The van der Waals surface area contributed by atoms with Gasteiger partial charge in [0.25, 0.3) is 0 Å². The van der Waals surface area contributed by atoms with Gasteiger partial charge in [0.05, 0.1) is 30.1 Å². The van der Waals surface area contributed by atoms with Crippen molar-refractivity contribution in [3.05, 3.63) is 71.9 Å². The molecule has 0 saturated heterocycles. The number of fused-ring (bicyclic) bond motifs is 1. The number of pyridine rings is 1. The summed E-state index contributed by atoms with van der Waals surface area (Å²) in [5, 5.41) is 8.84. The second-order valence-corrected chi connectivity index (χ2v) is 7.84. The lowest BCUT2D eigenvalue weighted by molar-refractivity contribution is 0.287. The van der Waals surface area contributed by atoms with Crippen LogP contribution in [0.4, 0.5) is 5.82 Å². The highest BCUT2D eigenvalue weighted by Crippen LogP contribution is 2.29. The number of hydrogen-bond donors (Lipinski definition) is 1. The van der Waals surface area contributed by atoms with Crippen molar-refractivity contribution in [1.82, 2.24) is 24.7 Å². The summed E-state index contributed by atoms with van der Waals surface area (Å²) in [6.45, 7) is 5.30. The van der Waals surface area contributed by atoms with E-state index in [9.17, 15) is 0 Å². The highest BCUT2D eigenvalue weighted by atomic mass is 16.5. The van der Waals surface area contributed by atoms with Gasteiger partial charge in [-0.1, -0.05) is 24.3 Å². The van der Waals surface area contributed by atoms with E-state index in [4.69, 9.17) is 4.74 Å². The largest absolute Gasteiger partial charge is 0.477 e. The summed E-state index contributed by atoms with van der Waals surface area (Å²) in [6.07, 6.45) is 12.4. The molecule has 33 heavy (non-hydrogen) atoms. The summed E-state index contributed by atoms with van der Waals surface area (Å²) in [5.74, 6) is 2.87. The Morgan fingerprint density at radius 3 is 2.52 bits per heavy atom. The Labute approximate surface area is 195 Å².